The van der Waals surface area contributed by atoms with Crippen LogP contribution in [0.15, 0.2) is 0 Å². The van der Waals surface area contributed by atoms with Crippen molar-refractivity contribution in [2.24, 2.45) is 0 Å². The van der Waals surface area contributed by atoms with Gasteiger partial charge in [0.2, 0.25) is 17.7 Å². The van der Waals surface area contributed by atoms with Crippen molar-refractivity contribution in [2.75, 3.05) is 39.4 Å². The largest absolute Gasteiger partial charge is 0.388 e. The molecule has 3 rings (SSSR count). The number of amides is 3. The van der Waals surface area contributed by atoms with Crippen molar-refractivity contribution >= 4 is 17.7 Å². The molecule has 3 fully saturated rings. The molecule has 2 bridgehead atoms. The van der Waals surface area contributed by atoms with Crippen molar-refractivity contribution in [1.82, 2.24) is 20.9 Å². The number of terminal acetylenes is 1. The Kier molecular flexibility index (Phi) is 8.84. The molecular formula is C21H32N4O7. The van der Waals surface area contributed by atoms with E-state index in [1.165, 1.54) is 4.90 Å². The number of aliphatic hydroxyl groups is 2. The van der Waals surface area contributed by atoms with Crippen LogP contribution in [0.3, 0.4) is 0 Å². The fraction of sp³-hybridized carbons (Fsp3) is 0.762. The maximum absolute atomic E-state index is 13.0. The topological polar surface area (TPSA) is 149 Å². The van der Waals surface area contributed by atoms with Gasteiger partial charge in [-0.3, -0.25) is 14.4 Å². The Labute approximate surface area is 187 Å². The molecule has 3 heterocycles. The summed E-state index contributed by atoms with van der Waals surface area (Å²) in [6, 6.07) is -0.701. The van der Waals surface area contributed by atoms with E-state index in [4.69, 9.17) is 15.9 Å². The van der Waals surface area contributed by atoms with E-state index in [1.807, 2.05) is 0 Å². The number of nitrogens with one attached hydrogen (secondary N) is 3. The second kappa shape index (κ2) is 11.6. The van der Waals surface area contributed by atoms with Crippen molar-refractivity contribution in [3.8, 4) is 12.3 Å². The molecule has 0 unspecified atom stereocenters. The van der Waals surface area contributed by atoms with Crippen molar-refractivity contribution in [3.05, 3.63) is 0 Å². The van der Waals surface area contributed by atoms with E-state index in [0.29, 0.717) is 19.8 Å². The van der Waals surface area contributed by atoms with Gasteiger partial charge < -0.3 is 40.5 Å². The summed E-state index contributed by atoms with van der Waals surface area (Å²) in [7, 11) is 0. The van der Waals surface area contributed by atoms with Crippen molar-refractivity contribution in [1.29, 1.82) is 0 Å². The highest BCUT2D eigenvalue weighted by molar-refractivity contribution is 5.90. The predicted molar refractivity (Wildman–Crippen MR) is 112 cm³/mol. The third-order valence-electron chi connectivity index (χ3n) is 6.01. The Balaban J connectivity index is 1.70. The fourth-order valence-corrected chi connectivity index (χ4v) is 4.13. The predicted octanol–water partition coefficient (Wildman–Crippen LogP) is -2.90. The minimum Gasteiger partial charge on any atom is -0.388 e. The average molecular weight is 453 g/mol. The summed E-state index contributed by atoms with van der Waals surface area (Å²) in [5.74, 6) is 0.932. The minimum absolute atomic E-state index is 0.0316. The lowest BCUT2D eigenvalue weighted by Crippen LogP contribution is -2.52. The molecule has 0 aromatic rings. The van der Waals surface area contributed by atoms with Gasteiger partial charge in [0, 0.05) is 45.3 Å². The summed E-state index contributed by atoms with van der Waals surface area (Å²) < 4.78 is 11.0. The number of nitrogens with zero attached hydrogens (tertiary/aromatic N) is 1. The molecule has 5 N–H and O–H groups in total. The zero-order valence-corrected chi connectivity index (χ0v) is 18.0. The first-order chi connectivity index (χ1) is 15.4. The van der Waals surface area contributed by atoms with Gasteiger partial charge in [0.05, 0.1) is 19.1 Å². The number of hydrogen-bond acceptors (Lipinski definition) is 8. The van der Waals surface area contributed by atoms with Crippen molar-refractivity contribution in [2.45, 2.75) is 62.2 Å². The average Bonchev–Trinajstić information content (AvgIpc) is 3.04. The fourth-order valence-electron chi connectivity index (χ4n) is 4.13. The second-order valence-corrected chi connectivity index (χ2v) is 8.33. The van der Waals surface area contributed by atoms with Gasteiger partial charge in [-0.25, -0.2) is 0 Å². The molecule has 0 aromatic heterocycles. The number of hydrogen-bond donors (Lipinski definition) is 5. The normalized spacial score (nSPS) is 32.8. The van der Waals surface area contributed by atoms with Crippen molar-refractivity contribution < 1.29 is 34.1 Å². The van der Waals surface area contributed by atoms with Gasteiger partial charge in [-0.15, -0.1) is 12.3 Å². The van der Waals surface area contributed by atoms with Crippen LogP contribution in [0.4, 0.5) is 0 Å². The number of carbonyl (C=O) groups excluding carboxylic acids is 3. The van der Waals surface area contributed by atoms with E-state index >= 15 is 0 Å². The molecule has 0 spiro atoms. The molecular weight excluding hydrogens is 420 g/mol. The van der Waals surface area contributed by atoms with Crippen LogP contribution in [0.25, 0.3) is 0 Å². The summed E-state index contributed by atoms with van der Waals surface area (Å²) in [6.07, 6.45) is 2.52. The van der Waals surface area contributed by atoms with Crippen LogP contribution in [0.2, 0.25) is 0 Å². The molecule has 0 saturated carbocycles. The first-order valence-electron chi connectivity index (χ1n) is 11.0. The van der Waals surface area contributed by atoms with Crippen molar-refractivity contribution in [3.63, 3.8) is 0 Å². The van der Waals surface area contributed by atoms with E-state index in [9.17, 15) is 24.6 Å². The van der Waals surface area contributed by atoms with Gasteiger partial charge in [0.25, 0.3) is 0 Å². The highest BCUT2D eigenvalue weighted by Gasteiger charge is 2.44. The van der Waals surface area contributed by atoms with E-state index in [0.717, 1.165) is 12.8 Å². The van der Waals surface area contributed by atoms with Crippen LogP contribution < -0.4 is 16.0 Å². The number of rotatable bonds is 5. The maximum Gasteiger partial charge on any atom is 0.243 e. The summed E-state index contributed by atoms with van der Waals surface area (Å²) in [4.78, 5) is 39.4. The van der Waals surface area contributed by atoms with Crippen LogP contribution >= 0.6 is 0 Å². The lowest BCUT2D eigenvalue weighted by Gasteiger charge is -2.28. The van der Waals surface area contributed by atoms with Gasteiger partial charge in [0.1, 0.15) is 24.4 Å². The Morgan fingerprint density at radius 1 is 1.16 bits per heavy atom. The lowest BCUT2D eigenvalue weighted by molar-refractivity contribution is -0.139. The quantitative estimate of drug-likeness (QED) is 0.279. The summed E-state index contributed by atoms with van der Waals surface area (Å²) in [5, 5.41) is 29.1. The van der Waals surface area contributed by atoms with Gasteiger partial charge in [-0.05, 0) is 12.8 Å². The van der Waals surface area contributed by atoms with E-state index in [1.54, 1.807) is 0 Å². The third kappa shape index (κ3) is 6.40. The van der Waals surface area contributed by atoms with Crippen LogP contribution in [0.5, 0.6) is 0 Å². The summed E-state index contributed by atoms with van der Waals surface area (Å²) in [6.45, 7) is 1.74. The molecule has 178 valence electrons. The minimum atomic E-state index is -1.28. The molecule has 11 nitrogen and oxygen atoms in total. The second-order valence-electron chi connectivity index (χ2n) is 8.33. The first kappa shape index (κ1) is 24.4. The highest BCUT2D eigenvalue weighted by Crippen LogP contribution is 2.24. The Bertz CT molecular complexity index is 721. The Morgan fingerprint density at radius 3 is 2.59 bits per heavy atom. The number of fused-ring (bicyclic) bond motifs is 2. The molecule has 3 amide bonds. The van der Waals surface area contributed by atoms with Crippen LogP contribution in [-0.4, -0.2) is 109 Å². The smallest absolute Gasteiger partial charge is 0.243 e. The lowest BCUT2D eigenvalue weighted by atomic mass is 10.0. The molecule has 0 radical (unpaired) electrons. The third-order valence-corrected chi connectivity index (χ3v) is 6.01. The first-order valence-corrected chi connectivity index (χ1v) is 11.0. The number of aliphatic hydroxyl groups excluding tert-OH is 2. The monoisotopic (exact) mass is 452 g/mol. The van der Waals surface area contributed by atoms with Gasteiger partial charge in [-0.2, -0.15) is 0 Å². The molecule has 11 heteroatoms. The molecule has 3 saturated heterocycles. The van der Waals surface area contributed by atoms with E-state index < -0.39 is 48.2 Å². The van der Waals surface area contributed by atoms with Gasteiger partial charge in [-0.1, -0.05) is 0 Å². The number of carbonyl (C=O) groups is 3. The van der Waals surface area contributed by atoms with E-state index in [2.05, 4.69) is 21.9 Å². The van der Waals surface area contributed by atoms with Gasteiger partial charge >= 0.3 is 0 Å². The molecule has 0 aliphatic carbocycles. The standard InChI is InChI=1S/C21H32N4O7/c1-2-3-14-21(30)23-11-16-20(29)19(28)15(32-16)10-18(27)25(12-17(26)24-14)7-6-22-13-4-8-31-9-5-13/h1,13-16,19-20,22,28-29H,3-12H2,(H,23,30)(H,24,26)/t14-,15+,16-,19+,20-/m1/s1. The van der Waals surface area contributed by atoms with E-state index in [-0.39, 0.29) is 38.5 Å². The van der Waals surface area contributed by atoms with Crippen LogP contribution in [-0.2, 0) is 23.9 Å². The molecule has 32 heavy (non-hydrogen) atoms. The Hall–Kier alpha value is -2.23. The summed E-state index contributed by atoms with van der Waals surface area (Å²) in [5.41, 5.74) is 0. The van der Waals surface area contributed by atoms with Crippen LogP contribution in [0, 0.1) is 12.3 Å². The van der Waals surface area contributed by atoms with Gasteiger partial charge in [0.15, 0.2) is 0 Å². The zero-order chi connectivity index (χ0) is 23.1. The maximum atomic E-state index is 13.0. The SMILES string of the molecule is C#CC[C@H]1NC(=O)CN(CCNC2CCOCC2)C(=O)C[C@@H]2O[C@H](CNC1=O)[C@@H](O)[C@H]2O. The Morgan fingerprint density at radius 2 is 1.88 bits per heavy atom. The molecule has 3 aliphatic rings. The molecule has 3 aliphatic heterocycles. The summed E-state index contributed by atoms with van der Waals surface area (Å²) >= 11 is 0. The molecule has 5 atom stereocenters. The molecule has 0 aromatic carbocycles. The highest BCUT2D eigenvalue weighted by atomic mass is 16.5. The number of ether oxygens (including phenoxy) is 2. The zero-order valence-electron chi connectivity index (χ0n) is 18.0. The van der Waals surface area contributed by atoms with Crippen LogP contribution in [0.1, 0.15) is 25.7 Å².